The summed E-state index contributed by atoms with van der Waals surface area (Å²) in [5, 5.41) is 7.22. The van der Waals surface area contributed by atoms with Crippen LogP contribution in [0.4, 0.5) is 0 Å². The zero-order valence-corrected chi connectivity index (χ0v) is 10.6. The van der Waals surface area contributed by atoms with E-state index in [0.29, 0.717) is 0 Å². The van der Waals surface area contributed by atoms with Crippen molar-refractivity contribution in [3.05, 3.63) is 17.9 Å². The molecule has 1 aromatic heterocycles. The molecule has 0 saturated heterocycles. The van der Waals surface area contributed by atoms with Crippen molar-refractivity contribution in [2.75, 3.05) is 20.3 Å². The zero-order chi connectivity index (χ0) is 12.1. The molecule has 0 atom stereocenters. The fourth-order valence-electron chi connectivity index (χ4n) is 1.87. The number of hydrogen-bond donors (Lipinski definition) is 1. The summed E-state index contributed by atoms with van der Waals surface area (Å²) in [6.45, 7) is 3.92. The van der Waals surface area contributed by atoms with Crippen molar-refractivity contribution in [3.63, 3.8) is 0 Å². The number of unbranched alkanes of at least 4 members (excludes halogenated alkanes) is 2. The van der Waals surface area contributed by atoms with E-state index in [1.54, 1.807) is 0 Å². The number of aryl methyl sites for hydroxylation is 1. The minimum Gasteiger partial charge on any atom is -0.378 e. The Morgan fingerprint density at radius 3 is 3.12 bits per heavy atom. The fourth-order valence-corrected chi connectivity index (χ4v) is 1.87. The van der Waals surface area contributed by atoms with Gasteiger partial charge in [0.25, 0.3) is 0 Å². The topological polar surface area (TPSA) is 54.2 Å². The van der Waals surface area contributed by atoms with Crippen molar-refractivity contribution in [1.29, 1.82) is 0 Å². The highest BCUT2D eigenvalue weighted by Crippen LogP contribution is 2.14. The summed E-state index contributed by atoms with van der Waals surface area (Å²) in [5.74, 6) is 1.47. The van der Waals surface area contributed by atoms with Gasteiger partial charge in [0, 0.05) is 24.7 Å². The van der Waals surface area contributed by atoms with Crippen molar-refractivity contribution in [2.45, 2.75) is 32.6 Å². The molecule has 0 fully saturated rings. The Balaban J connectivity index is 1.95. The molecular formula is C12H20N4O. The first-order valence-electron chi connectivity index (χ1n) is 6.23. The molecule has 17 heavy (non-hydrogen) atoms. The van der Waals surface area contributed by atoms with Crippen LogP contribution in [0.25, 0.3) is 5.57 Å². The first kappa shape index (κ1) is 12.1. The van der Waals surface area contributed by atoms with Crippen LogP contribution in [0.3, 0.4) is 0 Å². The third-order valence-corrected chi connectivity index (χ3v) is 2.83. The molecule has 1 aliphatic rings. The fraction of sp³-hybridized carbons (Fsp3) is 0.667. The van der Waals surface area contributed by atoms with E-state index in [4.69, 9.17) is 4.52 Å². The van der Waals surface area contributed by atoms with Crippen molar-refractivity contribution < 1.29 is 4.52 Å². The minimum absolute atomic E-state index is 0.718. The molecule has 1 aliphatic heterocycles. The molecule has 1 N–H and O–H groups in total. The lowest BCUT2D eigenvalue weighted by Gasteiger charge is -2.22. The highest BCUT2D eigenvalue weighted by molar-refractivity contribution is 5.61. The average Bonchev–Trinajstić information content (AvgIpc) is 2.78. The number of nitrogens with zero attached hydrogens (tertiary/aromatic N) is 3. The second-order valence-electron chi connectivity index (χ2n) is 4.51. The maximum atomic E-state index is 5.25. The Morgan fingerprint density at radius 1 is 1.47 bits per heavy atom. The molecule has 0 saturated carbocycles. The standard InChI is InChI=1S/C12H20N4O/c1-3-4-5-6-11-14-12(15-17-11)10-7-13-9-16(2)8-10/h7,13H,3-6,8-9H2,1-2H3. The lowest BCUT2D eigenvalue weighted by molar-refractivity contribution is 0.346. The van der Waals surface area contributed by atoms with Gasteiger partial charge in [0.1, 0.15) is 0 Å². The second kappa shape index (κ2) is 5.82. The van der Waals surface area contributed by atoms with E-state index in [9.17, 15) is 0 Å². The minimum atomic E-state index is 0.718. The number of likely N-dealkylation sites (N-methyl/N-ethyl adjacent to an activating group) is 1. The summed E-state index contributed by atoms with van der Waals surface area (Å²) in [6, 6.07) is 0. The highest BCUT2D eigenvalue weighted by Gasteiger charge is 2.15. The van der Waals surface area contributed by atoms with Crippen LogP contribution >= 0.6 is 0 Å². The molecule has 2 rings (SSSR count). The predicted octanol–water partition coefficient (Wildman–Crippen LogP) is 1.64. The summed E-state index contributed by atoms with van der Waals surface area (Å²) < 4.78 is 5.25. The van der Waals surface area contributed by atoms with Crippen molar-refractivity contribution in [3.8, 4) is 0 Å². The second-order valence-corrected chi connectivity index (χ2v) is 4.51. The third kappa shape index (κ3) is 3.30. The number of rotatable bonds is 5. The monoisotopic (exact) mass is 236 g/mol. The number of hydrogen-bond acceptors (Lipinski definition) is 5. The van der Waals surface area contributed by atoms with Gasteiger partial charge in [-0.1, -0.05) is 24.9 Å². The molecule has 94 valence electrons. The summed E-state index contributed by atoms with van der Waals surface area (Å²) in [5.41, 5.74) is 1.09. The van der Waals surface area contributed by atoms with E-state index in [2.05, 4.69) is 34.3 Å². The normalized spacial score (nSPS) is 16.7. The van der Waals surface area contributed by atoms with Gasteiger partial charge in [0.2, 0.25) is 11.7 Å². The summed E-state index contributed by atoms with van der Waals surface area (Å²) in [7, 11) is 2.06. The maximum absolute atomic E-state index is 5.25. The van der Waals surface area contributed by atoms with Crippen LogP contribution in [0.5, 0.6) is 0 Å². The first-order valence-corrected chi connectivity index (χ1v) is 6.23. The molecule has 0 spiro atoms. The molecule has 0 radical (unpaired) electrons. The Hall–Kier alpha value is -1.36. The van der Waals surface area contributed by atoms with Gasteiger partial charge in [-0.05, 0) is 13.5 Å². The van der Waals surface area contributed by atoms with Crippen LogP contribution in [-0.4, -0.2) is 35.3 Å². The molecule has 0 amide bonds. The maximum Gasteiger partial charge on any atom is 0.226 e. The molecule has 2 heterocycles. The van der Waals surface area contributed by atoms with Crippen molar-refractivity contribution in [2.24, 2.45) is 0 Å². The molecule has 0 bridgehead atoms. The van der Waals surface area contributed by atoms with Crippen LogP contribution in [0.2, 0.25) is 0 Å². The molecule has 5 nitrogen and oxygen atoms in total. The average molecular weight is 236 g/mol. The SMILES string of the molecule is CCCCCc1nc(C2=CNCN(C)C2)no1. The smallest absolute Gasteiger partial charge is 0.226 e. The Morgan fingerprint density at radius 2 is 2.35 bits per heavy atom. The van der Waals surface area contributed by atoms with Crippen molar-refractivity contribution in [1.82, 2.24) is 20.4 Å². The lowest BCUT2D eigenvalue weighted by Crippen LogP contribution is -2.34. The largest absolute Gasteiger partial charge is 0.378 e. The van der Waals surface area contributed by atoms with E-state index in [0.717, 1.165) is 43.3 Å². The molecular weight excluding hydrogens is 216 g/mol. The zero-order valence-electron chi connectivity index (χ0n) is 10.6. The van der Waals surface area contributed by atoms with Crippen molar-refractivity contribution >= 4 is 5.57 Å². The lowest BCUT2D eigenvalue weighted by atomic mass is 10.2. The van der Waals surface area contributed by atoms with Crippen LogP contribution in [0, 0.1) is 0 Å². The molecule has 0 unspecified atom stereocenters. The summed E-state index contributed by atoms with van der Waals surface area (Å²) in [4.78, 5) is 6.60. The van der Waals surface area contributed by atoms with Crippen LogP contribution < -0.4 is 5.32 Å². The van der Waals surface area contributed by atoms with E-state index >= 15 is 0 Å². The Bertz CT molecular complexity index is 386. The molecule has 0 aliphatic carbocycles. The summed E-state index contributed by atoms with van der Waals surface area (Å²) in [6.07, 6.45) is 6.40. The van der Waals surface area contributed by atoms with E-state index < -0.39 is 0 Å². The van der Waals surface area contributed by atoms with Crippen LogP contribution in [-0.2, 0) is 6.42 Å². The van der Waals surface area contributed by atoms with E-state index in [1.807, 2.05) is 6.20 Å². The highest BCUT2D eigenvalue weighted by atomic mass is 16.5. The quantitative estimate of drug-likeness (QED) is 0.788. The number of aromatic nitrogens is 2. The van der Waals surface area contributed by atoms with E-state index in [-0.39, 0.29) is 0 Å². The predicted molar refractivity (Wildman–Crippen MR) is 66.1 cm³/mol. The van der Waals surface area contributed by atoms with Gasteiger partial charge in [0.15, 0.2) is 0 Å². The van der Waals surface area contributed by atoms with Gasteiger partial charge < -0.3 is 9.84 Å². The first-order chi connectivity index (χ1) is 8.29. The third-order valence-electron chi connectivity index (χ3n) is 2.83. The van der Waals surface area contributed by atoms with Crippen LogP contribution in [0.1, 0.15) is 37.9 Å². The van der Waals surface area contributed by atoms with Gasteiger partial charge in [-0.2, -0.15) is 4.98 Å². The van der Waals surface area contributed by atoms with Crippen LogP contribution in [0.15, 0.2) is 10.7 Å². The van der Waals surface area contributed by atoms with Gasteiger partial charge in [0.05, 0.1) is 6.67 Å². The molecule has 0 aromatic carbocycles. The van der Waals surface area contributed by atoms with E-state index in [1.165, 1.54) is 12.8 Å². The number of nitrogens with one attached hydrogen (secondary N) is 1. The summed E-state index contributed by atoms with van der Waals surface area (Å²) >= 11 is 0. The Labute approximate surface area is 102 Å². The van der Waals surface area contributed by atoms with Gasteiger partial charge in [-0.3, -0.25) is 4.90 Å². The molecule has 5 heteroatoms. The van der Waals surface area contributed by atoms with Gasteiger partial charge >= 0.3 is 0 Å². The Kier molecular flexibility index (Phi) is 4.14. The van der Waals surface area contributed by atoms with Gasteiger partial charge in [-0.25, -0.2) is 0 Å². The molecule has 1 aromatic rings. The van der Waals surface area contributed by atoms with Gasteiger partial charge in [-0.15, -0.1) is 0 Å².